The lowest BCUT2D eigenvalue weighted by Crippen LogP contribution is -2.23. The summed E-state index contributed by atoms with van der Waals surface area (Å²) in [4.78, 5) is 12.3. The summed E-state index contributed by atoms with van der Waals surface area (Å²) in [6, 6.07) is 10.2. The van der Waals surface area contributed by atoms with Gasteiger partial charge in [0.05, 0.1) is 26.2 Å². The molecule has 0 aliphatic rings. The zero-order valence-corrected chi connectivity index (χ0v) is 15.9. The van der Waals surface area contributed by atoms with E-state index in [9.17, 15) is 13.2 Å². The maximum atomic E-state index is 12.3. The first-order chi connectivity index (χ1) is 12.2. The number of methoxy groups -OCH3 is 2. The minimum Gasteiger partial charge on any atom is -0.493 e. The SMILES string of the molecule is COc1ccc(CNC(=O)c2ccc(NS(C)(=O)=O)c(C)c2)cc1OC. The van der Waals surface area contributed by atoms with E-state index < -0.39 is 10.0 Å². The molecule has 2 aromatic rings. The molecule has 1 amide bonds. The predicted octanol–water partition coefficient (Wildman–Crippen LogP) is 2.31. The van der Waals surface area contributed by atoms with Crippen LogP contribution in [0.2, 0.25) is 0 Å². The number of hydrogen-bond acceptors (Lipinski definition) is 5. The number of amides is 1. The number of benzene rings is 2. The third kappa shape index (κ3) is 5.13. The van der Waals surface area contributed by atoms with E-state index >= 15 is 0 Å². The van der Waals surface area contributed by atoms with Crippen LogP contribution >= 0.6 is 0 Å². The highest BCUT2D eigenvalue weighted by atomic mass is 32.2. The molecule has 0 bridgehead atoms. The highest BCUT2D eigenvalue weighted by Crippen LogP contribution is 2.27. The molecule has 2 aromatic carbocycles. The van der Waals surface area contributed by atoms with E-state index in [1.807, 2.05) is 6.07 Å². The average molecular weight is 378 g/mol. The van der Waals surface area contributed by atoms with Gasteiger partial charge in [-0.05, 0) is 48.4 Å². The fourth-order valence-corrected chi connectivity index (χ4v) is 3.02. The van der Waals surface area contributed by atoms with Gasteiger partial charge in [0.15, 0.2) is 11.5 Å². The molecule has 0 saturated carbocycles. The van der Waals surface area contributed by atoms with Crippen LogP contribution in [-0.2, 0) is 16.6 Å². The summed E-state index contributed by atoms with van der Waals surface area (Å²) in [6.07, 6.45) is 1.08. The number of nitrogens with one attached hydrogen (secondary N) is 2. The molecule has 0 radical (unpaired) electrons. The van der Waals surface area contributed by atoms with Gasteiger partial charge in [-0.3, -0.25) is 9.52 Å². The third-order valence-corrected chi connectivity index (χ3v) is 4.28. The summed E-state index contributed by atoms with van der Waals surface area (Å²) in [6.45, 7) is 2.06. The number of sulfonamides is 1. The fourth-order valence-electron chi connectivity index (χ4n) is 2.39. The van der Waals surface area contributed by atoms with Crippen LogP contribution in [0.15, 0.2) is 36.4 Å². The summed E-state index contributed by atoms with van der Waals surface area (Å²) < 4.78 is 35.5. The van der Waals surface area contributed by atoms with Crippen molar-refractivity contribution in [1.82, 2.24) is 5.32 Å². The molecular formula is C18H22N2O5S. The van der Waals surface area contributed by atoms with Crippen molar-refractivity contribution >= 4 is 21.6 Å². The van der Waals surface area contributed by atoms with Crippen molar-refractivity contribution in [3.8, 4) is 11.5 Å². The highest BCUT2D eigenvalue weighted by Gasteiger charge is 2.11. The standard InChI is InChI=1S/C18H22N2O5S/c1-12-9-14(6-7-15(12)20-26(4,22)23)18(21)19-11-13-5-8-16(24-2)17(10-13)25-3/h5-10,20H,11H2,1-4H3,(H,19,21). The molecule has 0 aromatic heterocycles. The molecule has 2 N–H and O–H groups in total. The molecule has 0 aliphatic heterocycles. The molecule has 0 heterocycles. The molecule has 26 heavy (non-hydrogen) atoms. The second kappa shape index (κ2) is 8.09. The molecule has 0 aliphatic carbocycles. The lowest BCUT2D eigenvalue weighted by Gasteiger charge is -2.12. The number of ether oxygens (including phenoxy) is 2. The van der Waals surface area contributed by atoms with Crippen LogP contribution in [0.3, 0.4) is 0 Å². The van der Waals surface area contributed by atoms with E-state index in [4.69, 9.17) is 9.47 Å². The Morgan fingerprint density at radius 1 is 1.04 bits per heavy atom. The summed E-state index contributed by atoms with van der Waals surface area (Å²) in [7, 11) is -0.254. The Morgan fingerprint density at radius 3 is 2.31 bits per heavy atom. The molecule has 0 atom stereocenters. The second-order valence-electron chi connectivity index (χ2n) is 5.78. The van der Waals surface area contributed by atoms with Gasteiger partial charge < -0.3 is 14.8 Å². The molecule has 0 spiro atoms. The van der Waals surface area contributed by atoms with Gasteiger partial charge in [0.1, 0.15) is 0 Å². The van der Waals surface area contributed by atoms with E-state index in [0.717, 1.165) is 11.8 Å². The summed E-state index contributed by atoms with van der Waals surface area (Å²) in [5, 5.41) is 2.83. The van der Waals surface area contributed by atoms with Crippen molar-refractivity contribution in [1.29, 1.82) is 0 Å². The lowest BCUT2D eigenvalue weighted by atomic mass is 10.1. The number of anilines is 1. The van der Waals surface area contributed by atoms with E-state index in [1.54, 1.807) is 51.5 Å². The van der Waals surface area contributed by atoms with Crippen molar-refractivity contribution in [2.24, 2.45) is 0 Å². The van der Waals surface area contributed by atoms with E-state index in [-0.39, 0.29) is 5.91 Å². The van der Waals surface area contributed by atoms with E-state index in [0.29, 0.717) is 34.9 Å². The fraction of sp³-hybridized carbons (Fsp3) is 0.278. The monoisotopic (exact) mass is 378 g/mol. The summed E-state index contributed by atoms with van der Waals surface area (Å²) in [5.74, 6) is 0.951. The van der Waals surface area contributed by atoms with E-state index in [2.05, 4.69) is 10.0 Å². The van der Waals surface area contributed by atoms with Gasteiger partial charge in [0.2, 0.25) is 10.0 Å². The molecule has 7 nitrogen and oxygen atoms in total. The highest BCUT2D eigenvalue weighted by molar-refractivity contribution is 7.92. The van der Waals surface area contributed by atoms with Crippen molar-refractivity contribution in [2.45, 2.75) is 13.5 Å². The first-order valence-electron chi connectivity index (χ1n) is 7.81. The second-order valence-corrected chi connectivity index (χ2v) is 7.52. The van der Waals surface area contributed by atoms with Crippen molar-refractivity contribution in [3.63, 3.8) is 0 Å². The summed E-state index contributed by atoms with van der Waals surface area (Å²) >= 11 is 0. The van der Waals surface area contributed by atoms with Gasteiger partial charge >= 0.3 is 0 Å². The Labute approximate surface area is 153 Å². The predicted molar refractivity (Wildman–Crippen MR) is 100 cm³/mol. The molecule has 0 fully saturated rings. The van der Waals surface area contributed by atoms with Crippen LogP contribution in [0.5, 0.6) is 11.5 Å². The number of hydrogen-bond donors (Lipinski definition) is 2. The third-order valence-electron chi connectivity index (χ3n) is 3.68. The van der Waals surface area contributed by atoms with Crippen molar-refractivity contribution in [3.05, 3.63) is 53.1 Å². The van der Waals surface area contributed by atoms with Gasteiger partial charge in [-0.1, -0.05) is 6.07 Å². The minimum absolute atomic E-state index is 0.256. The van der Waals surface area contributed by atoms with Gasteiger partial charge in [0.25, 0.3) is 5.91 Å². The molecule has 140 valence electrons. The first kappa shape index (κ1) is 19.6. The minimum atomic E-state index is -3.36. The van der Waals surface area contributed by atoms with Crippen LogP contribution in [0, 0.1) is 6.92 Å². The van der Waals surface area contributed by atoms with Crippen LogP contribution in [0.1, 0.15) is 21.5 Å². The Hall–Kier alpha value is -2.74. The maximum absolute atomic E-state index is 12.3. The van der Waals surface area contributed by atoms with Gasteiger partial charge in [-0.15, -0.1) is 0 Å². The van der Waals surface area contributed by atoms with Crippen molar-refractivity contribution < 1.29 is 22.7 Å². The van der Waals surface area contributed by atoms with Gasteiger partial charge in [0, 0.05) is 12.1 Å². The maximum Gasteiger partial charge on any atom is 0.251 e. The van der Waals surface area contributed by atoms with E-state index in [1.165, 1.54) is 0 Å². The molecule has 2 rings (SSSR count). The number of carbonyl (C=O) groups is 1. The molecular weight excluding hydrogens is 356 g/mol. The van der Waals surface area contributed by atoms with Gasteiger partial charge in [-0.25, -0.2) is 8.42 Å². The van der Waals surface area contributed by atoms with Crippen LogP contribution in [-0.4, -0.2) is 34.8 Å². The van der Waals surface area contributed by atoms with Crippen LogP contribution in [0.4, 0.5) is 5.69 Å². The zero-order chi connectivity index (χ0) is 19.3. The summed E-state index contributed by atoms with van der Waals surface area (Å²) in [5.41, 5.74) is 2.42. The number of aryl methyl sites for hydroxylation is 1. The number of carbonyl (C=O) groups excluding carboxylic acids is 1. The average Bonchev–Trinajstić information content (AvgIpc) is 2.59. The van der Waals surface area contributed by atoms with Crippen LogP contribution < -0.4 is 19.5 Å². The number of rotatable bonds is 7. The largest absolute Gasteiger partial charge is 0.493 e. The van der Waals surface area contributed by atoms with Crippen LogP contribution in [0.25, 0.3) is 0 Å². The normalized spacial score (nSPS) is 10.9. The zero-order valence-electron chi connectivity index (χ0n) is 15.1. The Balaban J connectivity index is 2.07. The quantitative estimate of drug-likeness (QED) is 0.771. The molecule has 8 heteroatoms. The first-order valence-corrected chi connectivity index (χ1v) is 9.70. The topological polar surface area (TPSA) is 93.7 Å². The lowest BCUT2D eigenvalue weighted by molar-refractivity contribution is 0.0951. The van der Waals surface area contributed by atoms with Crippen molar-refractivity contribution in [2.75, 3.05) is 25.2 Å². The Kier molecular flexibility index (Phi) is 6.10. The Morgan fingerprint density at radius 2 is 1.73 bits per heavy atom. The smallest absolute Gasteiger partial charge is 0.251 e. The molecule has 0 unspecified atom stereocenters. The molecule has 0 saturated heterocycles. The Bertz CT molecular complexity index is 910. The van der Waals surface area contributed by atoms with Gasteiger partial charge in [-0.2, -0.15) is 0 Å².